The minimum Gasteiger partial charge on any atom is -0.468 e. The topological polar surface area (TPSA) is 28.4 Å². The average molecular weight is 238 g/mol. The monoisotopic (exact) mass is 238 g/mol. The Balaban J connectivity index is 2.52. The summed E-state index contributed by atoms with van der Waals surface area (Å²) < 4.78 is 5.61. The maximum absolute atomic E-state index is 5.61. The molecule has 1 aromatic heterocycles. The molecule has 1 atom stereocenters. The van der Waals surface area contributed by atoms with Crippen LogP contribution in [-0.4, -0.2) is 24.0 Å². The predicted molar refractivity (Wildman–Crippen MR) is 71.9 cm³/mol. The van der Waals surface area contributed by atoms with Crippen LogP contribution < -0.4 is 5.32 Å². The molecule has 1 unspecified atom stereocenters. The van der Waals surface area contributed by atoms with Gasteiger partial charge in [-0.2, -0.15) is 0 Å². The normalized spacial score (nSPS) is 13.2. The summed E-state index contributed by atoms with van der Waals surface area (Å²) in [4.78, 5) is 2.44. The van der Waals surface area contributed by atoms with Gasteiger partial charge in [-0.3, -0.25) is 4.90 Å². The standard InChI is InChI=1S/C14H26N2O/c1-5-12(4)16(7-3)10-14-8-13(11-17-14)9-15-6-2/h8,11-12,15H,5-7,9-10H2,1-4H3. The molecule has 0 aliphatic rings. The molecule has 0 saturated carbocycles. The summed E-state index contributed by atoms with van der Waals surface area (Å²) in [5.41, 5.74) is 1.24. The fourth-order valence-electron chi connectivity index (χ4n) is 1.91. The van der Waals surface area contributed by atoms with Crippen LogP contribution in [0, 0.1) is 0 Å². The Labute approximate surface area is 105 Å². The molecule has 0 bridgehead atoms. The van der Waals surface area contributed by atoms with Crippen molar-refractivity contribution in [2.24, 2.45) is 0 Å². The molecule has 0 aromatic carbocycles. The number of rotatable bonds is 8. The van der Waals surface area contributed by atoms with Gasteiger partial charge in [0.15, 0.2) is 0 Å². The van der Waals surface area contributed by atoms with E-state index >= 15 is 0 Å². The molecule has 0 fully saturated rings. The lowest BCUT2D eigenvalue weighted by atomic mass is 10.2. The molecule has 0 saturated heterocycles. The minimum atomic E-state index is 0.613. The zero-order chi connectivity index (χ0) is 12.7. The van der Waals surface area contributed by atoms with E-state index in [1.807, 2.05) is 6.26 Å². The van der Waals surface area contributed by atoms with Gasteiger partial charge in [0.2, 0.25) is 0 Å². The SMILES string of the molecule is CCNCc1coc(CN(CC)C(C)CC)c1. The van der Waals surface area contributed by atoms with E-state index in [4.69, 9.17) is 4.42 Å². The largest absolute Gasteiger partial charge is 0.468 e. The number of hydrogen-bond donors (Lipinski definition) is 1. The first kappa shape index (κ1) is 14.3. The molecule has 0 spiro atoms. The van der Waals surface area contributed by atoms with Crippen LogP contribution in [0.5, 0.6) is 0 Å². The van der Waals surface area contributed by atoms with Gasteiger partial charge in [-0.1, -0.05) is 20.8 Å². The quantitative estimate of drug-likeness (QED) is 0.754. The third-order valence-electron chi connectivity index (χ3n) is 3.27. The summed E-state index contributed by atoms with van der Waals surface area (Å²) >= 11 is 0. The fraction of sp³-hybridized carbons (Fsp3) is 0.714. The fourth-order valence-corrected chi connectivity index (χ4v) is 1.91. The number of nitrogens with one attached hydrogen (secondary N) is 1. The van der Waals surface area contributed by atoms with Crippen LogP contribution in [0.2, 0.25) is 0 Å². The van der Waals surface area contributed by atoms with Crippen LogP contribution in [0.1, 0.15) is 45.4 Å². The Morgan fingerprint density at radius 2 is 2.12 bits per heavy atom. The van der Waals surface area contributed by atoms with Gasteiger partial charge in [-0.05, 0) is 32.5 Å². The molecule has 0 aliphatic heterocycles. The van der Waals surface area contributed by atoms with Gasteiger partial charge >= 0.3 is 0 Å². The maximum atomic E-state index is 5.61. The van der Waals surface area contributed by atoms with E-state index in [2.05, 4.69) is 44.0 Å². The predicted octanol–water partition coefficient (Wildman–Crippen LogP) is 3.01. The van der Waals surface area contributed by atoms with Crippen molar-refractivity contribution in [2.75, 3.05) is 13.1 Å². The first-order valence-electron chi connectivity index (χ1n) is 6.72. The van der Waals surface area contributed by atoms with E-state index in [1.54, 1.807) is 0 Å². The van der Waals surface area contributed by atoms with Crippen molar-refractivity contribution >= 4 is 0 Å². The summed E-state index contributed by atoms with van der Waals surface area (Å²) in [5.74, 6) is 1.07. The van der Waals surface area contributed by atoms with Gasteiger partial charge in [0.25, 0.3) is 0 Å². The molecule has 1 rings (SSSR count). The van der Waals surface area contributed by atoms with Crippen molar-refractivity contribution in [3.8, 4) is 0 Å². The summed E-state index contributed by atoms with van der Waals surface area (Å²) in [6.45, 7) is 12.7. The molecule has 3 nitrogen and oxygen atoms in total. The van der Waals surface area contributed by atoms with E-state index in [9.17, 15) is 0 Å². The number of hydrogen-bond acceptors (Lipinski definition) is 3. The lowest BCUT2D eigenvalue weighted by Crippen LogP contribution is -2.31. The average Bonchev–Trinajstić information content (AvgIpc) is 2.80. The van der Waals surface area contributed by atoms with E-state index in [0.29, 0.717) is 6.04 Å². The van der Waals surface area contributed by atoms with Gasteiger partial charge in [0, 0.05) is 18.2 Å². The van der Waals surface area contributed by atoms with Gasteiger partial charge in [-0.25, -0.2) is 0 Å². The maximum Gasteiger partial charge on any atom is 0.118 e. The lowest BCUT2D eigenvalue weighted by molar-refractivity contribution is 0.190. The second-order valence-corrected chi connectivity index (χ2v) is 4.52. The van der Waals surface area contributed by atoms with Gasteiger partial charge in [-0.15, -0.1) is 0 Å². The van der Waals surface area contributed by atoms with Crippen LogP contribution in [0.25, 0.3) is 0 Å². The highest BCUT2D eigenvalue weighted by molar-refractivity contribution is 5.12. The minimum absolute atomic E-state index is 0.613. The Morgan fingerprint density at radius 1 is 1.35 bits per heavy atom. The van der Waals surface area contributed by atoms with E-state index in [0.717, 1.165) is 31.9 Å². The lowest BCUT2D eigenvalue weighted by Gasteiger charge is -2.25. The summed E-state index contributed by atoms with van der Waals surface area (Å²) in [6.07, 6.45) is 3.04. The van der Waals surface area contributed by atoms with Gasteiger partial charge in [0.1, 0.15) is 5.76 Å². The third kappa shape index (κ3) is 4.52. The molecule has 1 heterocycles. The zero-order valence-corrected chi connectivity index (χ0v) is 11.6. The molecular weight excluding hydrogens is 212 g/mol. The Bertz CT molecular complexity index is 309. The van der Waals surface area contributed by atoms with Crippen molar-refractivity contribution in [2.45, 2.75) is 53.2 Å². The van der Waals surface area contributed by atoms with Crippen LogP contribution in [0.15, 0.2) is 16.7 Å². The highest BCUT2D eigenvalue weighted by atomic mass is 16.3. The Kier molecular flexibility index (Phi) is 6.30. The number of furan rings is 1. The van der Waals surface area contributed by atoms with Gasteiger partial charge in [0.05, 0.1) is 12.8 Å². The second kappa shape index (κ2) is 7.51. The third-order valence-corrected chi connectivity index (χ3v) is 3.27. The Morgan fingerprint density at radius 3 is 2.71 bits per heavy atom. The number of nitrogens with zero attached hydrogens (tertiary/aromatic N) is 1. The molecular formula is C14H26N2O. The van der Waals surface area contributed by atoms with Crippen molar-refractivity contribution in [1.82, 2.24) is 10.2 Å². The van der Waals surface area contributed by atoms with Crippen molar-refractivity contribution < 1.29 is 4.42 Å². The van der Waals surface area contributed by atoms with Crippen LogP contribution in [0.3, 0.4) is 0 Å². The smallest absolute Gasteiger partial charge is 0.118 e. The first-order chi connectivity index (χ1) is 8.21. The molecule has 3 heteroatoms. The Hall–Kier alpha value is -0.800. The van der Waals surface area contributed by atoms with Gasteiger partial charge < -0.3 is 9.73 Å². The van der Waals surface area contributed by atoms with Crippen LogP contribution in [0.4, 0.5) is 0 Å². The molecule has 1 N–H and O–H groups in total. The molecule has 0 amide bonds. The van der Waals surface area contributed by atoms with Crippen LogP contribution in [-0.2, 0) is 13.1 Å². The first-order valence-corrected chi connectivity index (χ1v) is 6.72. The molecule has 0 aliphatic carbocycles. The highest BCUT2D eigenvalue weighted by Crippen LogP contribution is 2.13. The second-order valence-electron chi connectivity index (χ2n) is 4.52. The highest BCUT2D eigenvalue weighted by Gasteiger charge is 2.12. The van der Waals surface area contributed by atoms with Crippen LogP contribution >= 0.6 is 0 Å². The summed E-state index contributed by atoms with van der Waals surface area (Å²) in [6, 6.07) is 2.77. The van der Waals surface area contributed by atoms with Crippen molar-refractivity contribution in [3.05, 3.63) is 23.7 Å². The summed E-state index contributed by atoms with van der Waals surface area (Å²) in [7, 11) is 0. The molecule has 0 radical (unpaired) electrons. The van der Waals surface area contributed by atoms with E-state index in [-0.39, 0.29) is 0 Å². The van der Waals surface area contributed by atoms with E-state index < -0.39 is 0 Å². The molecule has 17 heavy (non-hydrogen) atoms. The van der Waals surface area contributed by atoms with Crippen molar-refractivity contribution in [3.63, 3.8) is 0 Å². The van der Waals surface area contributed by atoms with E-state index in [1.165, 1.54) is 12.0 Å². The summed E-state index contributed by atoms with van der Waals surface area (Å²) in [5, 5.41) is 3.31. The zero-order valence-electron chi connectivity index (χ0n) is 11.6. The molecule has 1 aromatic rings. The van der Waals surface area contributed by atoms with Crippen molar-refractivity contribution in [1.29, 1.82) is 0 Å². The molecule has 98 valence electrons.